The van der Waals surface area contributed by atoms with Gasteiger partial charge in [-0.15, -0.1) is 0 Å². The van der Waals surface area contributed by atoms with Crippen molar-refractivity contribution in [2.24, 2.45) is 0 Å². The van der Waals surface area contributed by atoms with Crippen LogP contribution in [0, 0.1) is 0 Å². The molecule has 0 aliphatic carbocycles. The van der Waals surface area contributed by atoms with Gasteiger partial charge in [-0.1, -0.05) is 28.9 Å². The Kier molecular flexibility index (Phi) is 3.44. The molecule has 3 heterocycles. The molecule has 0 atom stereocenters. The largest absolute Gasteiger partial charge is 0.359 e. The van der Waals surface area contributed by atoms with Crippen molar-refractivity contribution in [2.45, 2.75) is 12.6 Å². The summed E-state index contributed by atoms with van der Waals surface area (Å²) in [4.78, 5) is 2.32. The van der Waals surface area contributed by atoms with Crippen LogP contribution < -0.4 is 0 Å². The van der Waals surface area contributed by atoms with Crippen LogP contribution in [0.2, 0.25) is 5.02 Å². The van der Waals surface area contributed by atoms with Crippen LogP contribution >= 0.6 is 11.6 Å². The first-order valence-electron chi connectivity index (χ1n) is 7.21. The van der Waals surface area contributed by atoms with Crippen LogP contribution in [0.15, 0.2) is 53.3 Å². The summed E-state index contributed by atoms with van der Waals surface area (Å²) in [6, 6.07) is 12.0. The molecule has 112 valence electrons. The van der Waals surface area contributed by atoms with Crippen molar-refractivity contribution < 1.29 is 4.52 Å². The number of hydrogen-bond acceptors (Lipinski definition) is 4. The van der Waals surface area contributed by atoms with E-state index < -0.39 is 0 Å². The van der Waals surface area contributed by atoms with Crippen molar-refractivity contribution in [3.63, 3.8) is 0 Å². The van der Waals surface area contributed by atoms with Gasteiger partial charge in [0.25, 0.3) is 0 Å². The Hall–Kier alpha value is -2.11. The average molecular weight is 315 g/mol. The maximum atomic E-state index is 5.90. The van der Waals surface area contributed by atoms with E-state index >= 15 is 0 Å². The van der Waals surface area contributed by atoms with Gasteiger partial charge in [-0.05, 0) is 18.2 Å². The summed E-state index contributed by atoms with van der Waals surface area (Å²) in [5.41, 5.74) is 1.85. The number of aromatic nitrogens is 3. The van der Waals surface area contributed by atoms with Crippen molar-refractivity contribution >= 4 is 11.6 Å². The third-order valence-electron chi connectivity index (χ3n) is 3.92. The second-order valence-electron chi connectivity index (χ2n) is 5.52. The Morgan fingerprint density at radius 1 is 1.23 bits per heavy atom. The predicted molar refractivity (Wildman–Crippen MR) is 83.5 cm³/mol. The highest BCUT2D eigenvalue weighted by Gasteiger charge is 2.29. The third-order valence-corrected chi connectivity index (χ3v) is 4.17. The van der Waals surface area contributed by atoms with Gasteiger partial charge >= 0.3 is 0 Å². The van der Waals surface area contributed by atoms with E-state index in [4.69, 9.17) is 16.1 Å². The number of rotatable bonds is 4. The minimum atomic E-state index is 0.466. The first-order chi connectivity index (χ1) is 10.8. The summed E-state index contributed by atoms with van der Waals surface area (Å²) < 4.78 is 7.44. The van der Waals surface area contributed by atoms with Gasteiger partial charge in [-0.2, -0.15) is 5.10 Å². The average Bonchev–Trinajstić information content (AvgIpc) is 3.15. The number of halogens is 1. The van der Waals surface area contributed by atoms with E-state index in [-0.39, 0.29) is 0 Å². The molecule has 0 radical (unpaired) electrons. The van der Waals surface area contributed by atoms with E-state index in [1.165, 1.54) is 0 Å². The lowest BCUT2D eigenvalue weighted by atomic mass is 10.1. The van der Waals surface area contributed by atoms with E-state index in [1.54, 1.807) is 0 Å². The maximum absolute atomic E-state index is 5.90. The Morgan fingerprint density at radius 2 is 2.05 bits per heavy atom. The normalized spacial score (nSPS) is 15.9. The minimum Gasteiger partial charge on any atom is -0.359 e. The summed E-state index contributed by atoms with van der Waals surface area (Å²) in [6.07, 6.45) is 3.83. The van der Waals surface area contributed by atoms with Crippen LogP contribution in [0.1, 0.15) is 11.8 Å². The topological polar surface area (TPSA) is 47.1 Å². The van der Waals surface area contributed by atoms with Crippen LogP contribution in [0.4, 0.5) is 0 Å². The van der Waals surface area contributed by atoms with Crippen molar-refractivity contribution in [3.8, 4) is 11.3 Å². The lowest BCUT2D eigenvalue weighted by molar-refractivity contribution is 0.0810. The van der Waals surface area contributed by atoms with Gasteiger partial charge in [0.05, 0.1) is 12.6 Å². The highest BCUT2D eigenvalue weighted by molar-refractivity contribution is 6.30. The molecule has 0 amide bonds. The lowest BCUT2D eigenvalue weighted by Gasteiger charge is -2.38. The van der Waals surface area contributed by atoms with Crippen molar-refractivity contribution in [1.29, 1.82) is 0 Å². The molecule has 2 aromatic heterocycles. The van der Waals surface area contributed by atoms with E-state index in [9.17, 15) is 0 Å². The summed E-state index contributed by atoms with van der Waals surface area (Å²) in [7, 11) is 0. The second kappa shape index (κ2) is 5.59. The molecule has 1 saturated heterocycles. The van der Waals surface area contributed by atoms with Crippen LogP contribution in [-0.4, -0.2) is 32.9 Å². The quantitative estimate of drug-likeness (QED) is 0.741. The standard InChI is InChI=1S/C16H15ClN4O/c17-13-4-2-12(3-5-13)16-8-15(22-19-16)11-20-9-14(10-20)21-7-1-6-18-21/h1-8,14H,9-11H2. The first-order valence-corrected chi connectivity index (χ1v) is 7.59. The molecular formula is C16H15ClN4O. The molecule has 22 heavy (non-hydrogen) atoms. The Morgan fingerprint density at radius 3 is 2.77 bits per heavy atom. The fraction of sp³-hybridized carbons (Fsp3) is 0.250. The second-order valence-corrected chi connectivity index (χ2v) is 5.96. The van der Waals surface area contributed by atoms with Gasteiger partial charge in [0.15, 0.2) is 5.76 Å². The van der Waals surface area contributed by atoms with Crippen LogP contribution in [0.3, 0.4) is 0 Å². The highest BCUT2D eigenvalue weighted by atomic mass is 35.5. The van der Waals surface area contributed by atoms with Gasteiger partial charge in [0, 0.05) is 42.1 Å². The van der Waals surface area contributed by atoms with Crippen molar-refractivity contribution in [3.05, 3.63) is 59.6 Å². The van der Waals surface area contributed by atoms with E-state index in [1.807, 2.05) is 53.5 Å². The van der Waals surface area contributed by atoms with Gasteiger partial charge < -0.3 is 4.52 Å². The van der Waals surface area contributed by atoms with Gasteiger partial charge in [0.1, 0.15) is 5.69 Å². The molecule has 1 aromatic carbocycles. The monoisotopic (exact) mass is 314 g/mol. The number of nitrogens with zero attached hydrogens (tertiary/aromatic N) is 4. The number of likely N-dealkylation sites (tertiary alicyclic amines) is 1. The Balaban J connectivity index is 1.38. The van der Waals surface area contributed by atoms with Crippen molar-refractivity contribution in [2.75, 3.05) is 13.1 Å². The molecule has 0 unspecified atom stereocenters. The van der Waals surface area contributed by atoms with E-state index in [2.05, 4.69) is 15.2 Å². The lowest BCUT2D eigenvalue weighted by Crippen LogP contribution is -2.47. The van der Waals surface area contributed by atoms with Crippen LogP contribution in [0.5, 0.6) is 0 Å². The van der Waals surface area contributed by atoms with Gasteiger partial charge in [-0.3, -0.25) is 9.58 Å². The van der Waals surface area contributed by atoms with Crippen LogP contribution in [-0.2, 0) is 6.54 Å². The SMILES string of the molecule is Clc1ccc(-c2cc(CN3CC(n4cccn4)C3)on2)cc1. The molecule has 4 rings (SSSR count). The number of benzene rings is 1. The molecule has 0 spiro atoms. The molecule has 0 saturated carbocycles. The minimum absolute atomic E-state index is 0.466. The molecule has 5 nitrogen and oxygen atoms in total. The molecule has 1 aliphatic rings. The van der Waals surface area contributed by atoms with Crippen molar-refractivity contribution in [1.82, 2.24) is 19.8 Å². The molecular weight excluding hydrogens is 300 g/mol. The molecule has 3 aromatic rings. The van der Waals surface area contributed by atoms with E-state index in [0.717, 1.165) is 41.7 Å². The zero-order valence-corrected chi connectivity index (χ0v) is 12.6. The molecule has 0 bridgehead atoms. The Bertz CT molecular complexity index is 745. The summed E-state index contributed by atoms with van der Waals surface area (Å²) in [5.74, 6) is 0.879. The fourth-order valence-electron chi connectivity index (χ4n) is 2.70. The summed E-state index contributed by atoms with van der Waals surface area (Å²) in [5, 5.41) is 9.13. The fourth-order valence-corrected chi connectivity index (χ4v) is 2.83. The molecule has 1 fully saturated rings. The molecule has 1 aliphatic heterocycles. The highest BCUT2D eigenvalue weighted by Crippen LogP contribution is 2.25. The zero-order valence-electron chi connectivity index (χ0n) is 11.9. The molecule has 0 N–H and O–H groups in total. The van der Waals surface area contributed by atoms with E-state index in [0.29, 0.717) is 6.04 Å². The van der Waals surface area contributed by atoms with Gasteiger partial charge in [-0.25, -0.2) is 0 Å². The van der Waals surface area contributed by atoms with Gasteiger partial charge in [0.2, 0.25) is 0 Å². The maximum Gasteiger partial charge on any atom is 0.151 e. The smallest absolute Gasteiger partial charge is 0.151 e. The third kappa shape index (κ3) is 2.65. The zero-order chi connectivity index (χ0) is 14.9. The number of hydrogen-bond donors (Lipinski definition) is 0. The Labute approximate surface area is 133 Å². The summed E-state index contributed by atoms with van der Waals surface area (Å²) in [6.45, 7) is 2.75. The van der Waals surface area contributed by atoms with Crippen LogP contribution in [0.25, 0.3) is 11.3 Å². The summed E-state index contributed by atoms with van der Waals surface area (Å²) >= 11 is 5.90. The predicted octanol–water partition coefficient (Wildman–Crippen LogP) is 3.25. The first kappa shape index (κ1) is 13.5. The molecule has 6 heteroatoms.